The lowest BCUT2D eigenvalue weighted by atomic mass is 10.1. The number of nitrogens with zero attached hydrogens (tertiary/aromatic N) is 1. The van der Waals surface area contributed by atoms with E-state index < -0.39 is 0 Å². The topological polar surface area (TPSA) is 20.3 Å². The highest BCUT2D eigenvalue weighted by Gasteiger charge is 2.22. The van der Waals surface area contributed by atoms with E-state index in [4.69, 9.17) is 11.6 Å². The number of thiophene rings is 1. The summed E-state index contributed by atoms with van der Waals surface area (Å²) in [4.78, 5) is 15.4. The van der Waals surface area contributed by atoms with E-state index in [0.29, 0.717) is 5.25 Å². The standard InChI is InChI=1S/C18H18ClNOS2/c19-16-6-2-1-5-15(16)17-9-10-20(11-13-23-17)18(21)8-7-14-4-3-12-22-14/h1-8,12,17H,9-11,13H2/b8-7+/t17-/m1/s1. The molecular formula is C18H18ClNOS2. The van der Waals surface area contributed by atoms with Crippen LogP contribution in [0.4, 0.5) is 0 Å². The van der Waals surface area contributed by atoms with Gasteiger partial charge in [-0.05, 0) is 35.6 Å². The van der Waals surface area contributed by atoms with Gasteiger partial charge in [0.05, 0.1) is 0 Å². The highest BCUT2D eigenvalue weighted by Crippen LogP contribution is 2.37. The molecule has 1 aliphatic heterocycles. The van der Waals surface area contributed by atoms with Gasteiger partial charge in [-0.3, -0.25) is 4.79 Å². The average Bonchev–Trinajstić information content (AvgIpc) is 2.96. The molecule has 120 valence electrons. The van der Waals surface area contributed by atoms with Gasteiger partial charge in [-0.1, -0.05) is 35.9 Å². The lowest BCUT2D eigenvalue weighted by Crippen LogP contribution is -2.31. The van der Waals surface area contributed by atoms with Crippen LogP contribution in [0.25, 0.3) is 6.08 Å². The molecule has 0 radical (unpaired) electrons. The number of amides is 1. The predicted molar refractivity (Wildman–Crippen MR) is 101 cm³/mol. The van der Waals surface area contributed by atoms with Gasteiger partial charge in [-0.15, -0.1) is 11.3 Å². The Hall–Kier alpha value is -1.23. The lowest BCUT2D eigenvalue weighted by Gasteiger charge is -2.18. The molecule has 2 nitrogen and oxygen atoms in total. The van der Waals surface area contributed by atoms with E-state index in [2.05, 4.69) is 6.07 Å². The van der Waals surface area contributed by atoms with Crippen molar-refractivity contribution in [3.63, 3.8) is 0 Å². The van der Waals surface area contributed by atoms with Crippen LogP contribution in [-0.2, 0) is 4.79 Å². The highest BCUT2D eigenvalue weighted by atomic mass is 35.5. The predicted octanol–water partition coefficient (Wildman–Crippen LogP) is 5.12. The number of carbonyl (C=O) groups excluding carboxylic acids is 1. The van der Waals surface area contributed by atoms with Crippen molar-refractivity contribution in [3.8, 4) is 0 Å². The van der Waals surface area contributed by atoms with Crippen molar-refractivity contribution in [2.75, 3.05) is 18.8 Å². The molecule has 1 fully saturated rings. The molecule has 0 spiro atoms. The number of benzene rings is 1. The first-order chi connectivity index (χ1) is 11.2. The van der Waals surface area contributed by atoms with Crippen LogP contribution < -0.4 is 0 Å². The Morgan fingerprint density at radius 3 is 2.87 bits per heavy atom. The summed E-state index contributed by atoms with van der Waals surface area (Å²) in [6.45, 7) is 1.57. The minimum atomic E-state index is 0.0961. The van der Waals surface area contributed by atoms with E-state index in [-0.39, 0.29) is 5.91 Å². The molecule has 23 heavy (non-hydrogen) atoms. The largest absolute Gasteiger partial charge is 0.338 e. The van der Waals surface area contributed by atoms with Crippen molar-refractivity contribution in [1.29, 1.82) is 0 Å². The van der Waals surface area contributed by atoms with E-state index >= 15 is 0 Å². The van der Waals surface area contributed by atoms with E-state index in [1.807, 2.05) is 58.4 Å². The number of thioether (sulfide) groups is 1. The van der Waals surface area contributed by atoms with Crippen molar-refractivity contribution < 1.29 is 4.79 Å². The van der Waals surface area contributed by atoms with Gasteiger partial charge in [0.25, 0.3) is 0 Å². The third-order valence-electron chi connectivity index (χ3n) is 3.84. The van der Waals surface area contributed by atoms with Gasteiger partial charge in [-0.25, -0.2) is 0 Å². The number of rotatable bonds is 3. The minimum Gasteiger partial charge on any atom is -0.338 e. The normalized spacial score (nSPS) is 19.0. The summed E-state index contributed by atoms with van der Waals surface area (Å²) in [5, 5.41) is 3.20. The molecule has 1 aromatic carbocycles. The monoisotopic (exact) mass is 363 g/mol. The molecule has 1 atom stereocenters. The van der Waals surface area contributed by atoms with E-state index in [1.165, 1.54) is 5.56 Å². The summed E-state index contributed by atoms with van der Waals surface area (Å²) in [6, 6.07) is 12.0. The Kier molecular flexibility index (Phi) is 5.81. The Morgan fingerprint density at radius 2 is 2.09 bits per heavy atom. The van der Waals surface area contributed by atoms with Crippen LogP contribution in [0.1, 0.15) is 22.1 Å². The van der Waals surface area contributed by atoms with Crippen molar-refractivity contribution >= 4 is 46.7 Å². The maximum atomic E-state index is 12.4. The van der Waals surface area contributed by atoms with Crippen molar-refractivity contribution in [3.05, 3.63) is 63.3 Å². The van der Waals surface area contributed by atoms with Gasteiger partial charge in [0.1, 0.15) is 0 Å². The molecule has 1 aromatic heterocycles. The van der Waals surface area contributed by atoms with Gasteiger partial charge in [-0.2, -0.15) is 11.8 Å². The second-order valence-electron chi connectivity index (χ2n) is 5.34. The third-order valence-corrected chi connectivity index (χ3v) is 6.33. The first-order valence-corrected chi connectivity index (χ1v) is 9.91. The number of halogens is 1. The second kappa shape index (κ2) is 8.04. The fourth-order valence-electron chi connectivity index (χ4n) is 2.62. The second-order valence-corrected chi connectivity index (χ2v) is 8.04. The molecule has 0 N–H and O–H groups in total. The van der Waals surface area contributed by atoms with Crippen molar-refractivity contribution in [2.45, 2.75) is 11.7 Å². The molecule has 0 saturated carbocycles. The Labute approximate surface area is 150 Å². The van der Waals surface area contributed by atoms with Crippen LogP contribution in [0.15, 0.2) is 47.9 Å². The summed E-state index contributed by atoms with van der Waals surface area (Å²) in [6.07, 6.45) is 4.52. The molecule has 5 heteroatoms. The Balaban J connectivity index is 1.62. The zero-order chi connectivity index (χ0) is 16.1. The van der Waals surface area contributed by atoms with E-state index in [1.54, 1.807) is 17.4 Å². The molecule has 2 aromatic rings. The van der Waals surface area contributed by atoms with Crippen LogP contribution in [0.3, 0.4) is 0 Å². The molecule has 0 unspecified atom stereocenters. The Bertz CT molecular complexity index is 684. The molecule has 1 amide bonds. The lowest BCUT2D eigenvalue weighted by molar-refractivity contribution is -0.125. The van der Waals surface area contributed by atoms with Crippen LogP contribution in [-0.4, -0.2) is 29.6 Å². The fourth-order valence-corrected chi connectivity index (χ4v) is 4.84. The molecule has 0 aliphatic carbocycles. The first-order valence-electron chi connectivity index (χ1n) is 7.60. The summed E-state index contributed by atoms with van der Waals surface area (Å²) in [5.74, 6) is 1.04. The summed E-state index contributed by atoms with van der Waals surface area (Å²) in [7, 11) is 0. The maximum Gasteiger partial charge on any atom is 0.246 e. The van der Waals surface area contributed by atoms with Gasteiger partial charge in [0.15, 0.2) is 0 Å². The smallest absolute Gasteiger partial charge is 0.246 e. The minimum absolute atomic E-state index is 0.0961. The number of hydrogen-bond donors (Lipinski definition) is 0. The van der Waals surface area contributed by atoms with Gasteiger partial charge in [0, 0.05) is 40.1 Å². The molecule has 1 aliphatic rings. The summed E-state index contributed by atoms with van der Waals surface area (Å²) >= 11 is 9.84. The molecule has 2 heterocycles. The molecule has 1 saturated heterocycles. The third kappa shape index (κ3) is 4.40. The van der Waals surface area contributed by atoms with E-state index in [9.17, 15) is 4.79 Å². The van der Waals surface area contributed by atoms with Gasteiger partial charge < -0.3 is 4.90 Å². The van der Waals surface area contributed by atoms with Crippen LogP contribution in [0.2, 0.25) is 5.02 Å². The maximum absolute atomic E-state index is 12.4. The van der Waals surface area contributed by atoms with Crippen LogP contribution in [0.5, 0.6) is 0 Å². The van der Waals surface area contributed by atoms with Gasteiger partial charge in [0.2, 0.25) is 5.91 Å². The fraction of sp³-hybridized carbons (Fsp3) is 0.278. The summed E-state index contributed by atoms with van der Waals surface area (Å²) < 4.78 is 0. The molecular weight excluding hydrogens is 346 g/mol. The number of carbonyl (C=O) groups is 1. The average molecular weight is 364 g/mol. The van der Waals surface area contributed by atoms with Crippen molar-refractivity contribution in [1.82, 2.24) is 4.90 Å². The zero-order valence-corrected chi connectivity index (χ0v) is 15.0. The quantitative estimate of drug-likeness (QED) is 0.705. The van der Waals surface area contributed by atoms with Crippen molar-refractivity contribution in [2.24, 2.45) is 0 Å². The van der Waals surface area contributed by atoms with Crippen LogP contribution >= 0.6 is 34.7 Å². The highest BCUT2D eigenvalue weighted by molar-refractivity contribution is 7.99. The number of hydrogen-bond acceptors (Lipinski definition) is 3. The first kappa shape index (κ1) is 16.6. The summed E-state index contributed by atoms with van der Waals surface area (Å²) in [5.41, 5.74) is 1.18. The Morgan fingerprint density at radius 1 is 1.22 bits per heavy atom. The van der Waals surface area contributed by atoms with Crippen LogP contribution in [0, 0.1) is 0 Å². The SMILES string of the molecule is O=C(/C=C/c1cccs1)N1CCS[C@@H](c2ccccc2Cl)CC1. The molecule has 3 rings (SSSR count). The van der Waals surface area contributed by atoms with Gasteiger partial charge >= 0.3 is 0 Å². The van der Waals surface area contributed by atoms with E-state index in [0.717, 1.165) is 35.2 Å². The molecule has 0 bridgehead atoms. The zero-order valence-electron chi connectivity index (χ0n) is 12.7.